The molecule has 0 heterocycles. The summed E-state index contributed by atoms with van der Waals surface area (Å²) >= 11 is -4.36. The van der Waals surface area contributed by atoms with Crippen LogP contribution in [0.4, 0.5) is 0 Å². The van der Waals surface area contributed by atoms with E-state index < -0.39 is 38.1 Å². The van der Waals surface area contributed by atoms with Crippen molar-refractivity contribution in [2.24, 2.45) is 0 Å². The van der Waals surface area contributed by atoms with Gasteiger partial charge in [-0.05, 0) is 0 Å². The third-order valence-corrected chi connectivity index (χ3v) is 9.17. The Bertz CT molecular complexity index is 285. The Morgan fingerprint density at radius 3 is 0.625 bits per heavy atom. The van der Waals surface area contributed by atoms with Crippen molar-refractivity contribution in [1.82, 2.24) is 0 Å². The molecule has 0 bridgehead atoms. The second-order valence-corrected chi connectivity index (χ2v) is 13.0. The van der Waals surface area contributed by atoms with E-state index in [0.717, 1.165) is 0 Å². The van der Waals surface area contributed by atoms with E-state index in [1.807, 2.05) is 83.1 Å². The summed E-state index contributed by atoms with van der Waals surface area (Å²) in [4.78, 5) is 0. The molecule has 0 aromatic carbocycles. The summed E-state index contributed by atoms with van der Waals surface area (Å²) < 4.78 is 33.6. The first kappa shape index (κ1) is 37.7. The van der Waals surface area contributed by atoms with Gasteiger partial charge in [-0.1, -0.05) is 39.5 Å². The Kier molecular flexibility index (Phi) is 29.8. The third-order valence-electron chi connectivity index (χ3n) is 2.95. The van der Waals surface area contributed by atoms with Gasteiger partial charge in [-0.15, -0.1) is 0 Å². The Balaban J connectivity index is -0.000000422. The molecule has 8 heteroatoms. The van der Waals surface area contributed by atoms with E-state index in [4.69, 9.17) is 19.9 Å². The summed E-state index contributed by atoms with van der Waals surface area (Å²) in [7, 11) is 0. The van der Waals surface area contributed by atoms with Crippen molar-refractivity contribution in [3.05, 3.63) is 0 Å². The molecule has 0 amide bonds. The van der Waals surface area contributed by atoms with Crippen LogP contribution in [0.1, 0.15) is 123 Å². The fraction of sp³-hybridized carbons (Fsp3) is 1.00. The summed E-state index contributed by atoms with van der Waals surface area (Å²) in [6, 6.07) is 0. The average Bonchev–Trinajstić information content (AvgIpc) is 2.57. The molecule has 0 saturated heterocycles. The summed E-state index contributed by atoms with van der Waals surface area (Å²) in [5.41, 5.74) is 0. The van der Waals surface area contributed by atoms with Gasteiger partial charge < -0.3 is 0 Å². The minimum absolute atomic E-state index is 0.187. The van der Waals surface area contributed by atoms with Crippen molar-refractivity contribution in [3.8, 4) is 0 Å². The van der Waals surface area contributed by atoms with Crippen molar-refractivity contribution in [1.29, 1.82) is 0 Å². The monoisotopic (exact) mass is 536 g/mol. The van der Waals surface area contributed by atoms with E-state index in [1.54, 1.807) is 0 Å². The number of hydrogen-bond donors (Lipinski definition) is 0. The van der Waals surface area contributed by atoms with Gasteiger partial charge >= 0.3 is 178 Å². The van der Waals surface area contributed by atoms with Gasteiger partial charge in [-0.25, -0.2) is 0 Å². The van der Waals surface area contributed by atoms with Crippen LogP contribution in [0.15, 0.2) is 0 Å². The zero-order valence-corrected chi connectivity index (χ0v) is 26.9. The molecule has 0 aromatic rings. The Labute approximate surface area is 216 Å². The Hall–Kier alpha value is 1.19. The summed E-state index contributed by atoms with van der Waals surface area (Å²) in [6.45, 7) is 28.5. The minimum atomic E-state index is -2.18. The fourth-order valence-electron chi connectivity index (χ4n) is 1.82. The van der Waals surface area contributed by atoms with Crippen LogP contribution < -0.4 is 0 Å². The Morgan fingerprint density at radius 2 is 0.531 bits per heavy atom. The van der Waals surface area contributed by atoms with Crippen molar-refractivity contribution in [2.45, 2.75) is 159 Å². The molecule has 0 rings (SSSR count). The fourth-order valence-corrected chi connectivity index (χ4v) is 5.95. The molecule has 0 radical (unpaired) electrons. The number of rotatable bonds is 15. The molecule has 0 saturated carbocycles. The van der Waals surface area contributed by atoms with Crippen LogP contribution in [-0.4, -0.2) is 36.6 Å². The van der Waals surface area contributed by atoms with Gasteiger partial charge in [0.05, 0.1) is 0 Å². The molecule has 0 fully saturated rings. The molecular formula is C24H56O6Ti2. The van der Waals surface area contributed by atoms with E-state index in [-0.39, 0.29) is 36.6 Å². The molecule has 0 spiro atoms. The second kappa shape index (κ2) is 25.3. The van der Waals surface area contributed by atoms with Gasteiger partial charge in [0.15, 0.2) is 0 Å². The molecular weight excluding hydrogens is 480 g/mol. The van der Waals surface area contributed by atoms with Gasteiger partial charge in [0.2, 0.25) is 0 Å². The van der Waals surface area contributed by atoms with Crippen molar-refractivity contribution in [2.75, 3.05) is 0 Å². The summed E-state index contributed by atoms with van der Waals surface area (Å²) in [5, 5.41) is 0. The smallest absolute Gasteiger partial charge is 0.0536 e. The third kappa shape index (κ3) is 35.8. The molecule has 6 nitrogen and oxygen atoms in total. The molecule has 32 heavy (non-hydrogen) atoms. The van der Waals surface area contributed by atoms with Crippen LogP contribution in [0.25, 0.3) is 0 Å². The van der Waals surface area contributed by atoms with Crippen LogP contribution >= 0.6 is 0 Å². The molecule has 0 unspecified atom stereocenters. The van der Waals surface area contributed by atoms with Crippen LogP contribution in [0, 0.1) is 0 Å². The minimum Gasteiger partial charge on any atom is -0.0654 e. The molecule has 0 aliphatic rings. The Morgan fingerprint density at radius 1 is 0.375 bits per heavy atom. The molecule has 196 valence electrons. The predicted octanol–water partition coefficient (Wildman–Crippen LogP) is 7.84. The van der Waals surface area contributed by atoms with Crippen LogP contribution in [0.3, 0.4) is 0 Å². The topological polar surface area (TPSA) is 55.4 Å². The quantitative estimate of drug-likeness (QED) is 0.157. The maximum Gasteiger partial charge on any atom is -0.0536 e. The summed E-state index contributed by atoms with van der Waals surface area (Å²) in [6.07, 6.45) is 6.66. The first-order chi connectivity index (χ1) is 14.7. The molecule has 0 aliphatic carbocycles. The van der Waals surface area contributed by atoms with Gasteiger partial charge in [0.1, 0.15) is 0 Å². The standard InChI is InChI=1S/C6H14.6C3H7O.2Ti/c1-3-5-6-4-2;6*1-3(2)4;;/h3-6H2,1-2H3;6*3H,1-2H3;;/q;6*-1;2*+3. The SMILES string of the molecule is CC(C)[O][Ti]([O]C(C)C)[O]C(C)C.CC(C)[O][Ti]([O]C(C)C)[O]C(C)C.CCCCCC. The van der Waals surface area contributed by atoms with Gasteiger partial charge in [-0.2, -0.15) is 0 Å². The first-order valence-electron chi connectivity index (χ1n) is 12.5. The van der Waals surface area contributed by atoms with Gasteiger partial charge in [0.25, 0.3) is 0 Å². The van der Waals surface area contributed by atoms with Gasteiger partial charge in [-0.3, -0.25) is 0 Å². The molecule has 0 aromatic heterocycles. The number of unbranched alkanes of at least 4 members (excludes halogenated alkanes) is 3. The van der Waals surface area contributed by atoms with Crippen LogP contribution in [0.2, 0.25) is 0 Å². The maximum absolute atomic E-state index is 5.59. The zero-order chi connectivity index (χ0) is 25.7. The maximum atomic E-state index is 5.59. The van der Waals surface area contributed by atoms with Crippen molar-refractivity contribution < 1.29 is 58.0 Å². The van der Waals surface area contributed by atoms with Crippen molar-refractivity contribution in [3.63, 3.8) is 0 Å². The van der Waals surface area contributed by atoms with E-state index in [0.29, 0.717) is 0 Å². The van der Waals surface area contributed by atoms with Crippen LogP contribution in [0.5, 0.6) is 0 Å². The van der Waals surface area contributed by atoms with E-state index in [9.17, 15) is 0 Å². The van der Waals surface area contributed by atoms with Gasteiger partial charge in [0, 0.05) is 0 Å². The van der Waals surface area contributed by atoms with E-state index in [2.05, 4.69) is 13.8 Å². The molecule has 0 aliphatic heterocycles. The second-order valence-electron chi connectivity index (χ2n) is 9.21. The predicted molar refractivity (Wildman–Crippen MR) is 127 cm³/mol. The normalized spacial score (nSPS) is 11.2. The molecule has 0 N–H and O–H groups in total. The molecule has 0 atom stereocenters. The largest absolute Gasteiger partial charge is 0.0654 e. The summed E-state index contributed by atoms with van der Waals surface area (Å²) in [5.74, 6) is 0. The average molecular weight is 536 g/mol. The van der Waals surface area contributed by atoms with Crippen LogP contribution in [-0.2, 0) is 58.0 Å². The van der Waals surface area contributed by atoms with E-state index in [1.165, 1.54) is 25.7 Å². The van der Waals surface area contributed by atoms with E-state index >= 15 is 0 Å². The van der Waals surface area contributed by atoms with Crippen molar-refractivity contribution >= 4 is 0 Å². The number of hydrogen-bond acceptors (Lipinski definition) is 6. The first-order valence-corrected chi connectivity index (χ1v) is 16.3. The zero-order valence-electron chi connectivity index (χ0n) is 23.7.